The molecule has 0 bridgehead atoms. The molecule has 0 spiro atoms. The van der Waals surface area contributed by atoms with Crippen molar-refractivity contribution in [1.29, 1.82) is 0 Å². The summed E-state index contributed by atoms with van der Waals surface area (Å²) < 4.78 is 12.7. The largest absolute Gasteiger partial charge is 0.494 e. The van der Waals surface area contributed by atoms with E-state index in [9.17, 15) is 4.79 Å². The van der Waals surface area contributed by atoms with Crippen molar-refractivity contribution in [3.8, 4) is 5.75 Å². The van der Waals surface area contributed by atoms with Crippen molar-refractivity contribution in [3.05, 3.63) is 34.6 Å². The van der Waals surface area contributed by atoms with Gasteiger partial charge in [-0.3, -0.25) is 0 Å². The summed E-state index contributed by atoms with van der Waals surface area (Å²) in [5, 5.41) is 0. The van der Waals surface area contributed by atoms with Crippen molar-refractivity contribution in [3.63, 3.8) is 0 Å². The van der Waals surface area contributed by atoms with Crippen LogP contribution in [0.3, 0.4) is 0 Å². The number of pyridine rings is 1. The van der Waals surface area contributed by atoms with Gasteiger partial charge in [0.05, 0.1) is 19.7 Å². The Morgan fingerprint density at radius 2 is 2.19 bits per heavy atom. The van der Waals surface area contributed by atoms with Crippen molar-refractivity contribution in [2.24, 2.45) is 0 Å². The van der Waals surface area contributed by atoms with Gasteiger partial charge in [0.2, 0.25) is 0 Å². The molecule has 2 aromatic rings. The lowest BCUT2D eigenvalue weighted by atomic mass is 10.2. The number of carbonyl (C=O) groups excluding carboxylic acids is 1. The van der Waals surface area contributed by atoms with E-state index in [1.807, 2.05) is 16.7 Å². The van der Waals surface area contributed by atoms with Crippen LogP contribution in [0.15, 0.2) is 29.0 Å². The molecule has 5 heteroatoms. The minimum atomic E-state index is -0.406. The maximum absolute atomic E-state index is 11.5. The topological polar surface area (TPSA) is 39.9 Å². The summed E-state index contributed by atoms with van der Waals surface area (Å²) in [6.07, 6.45) is 3.67. The number of fused-ring (bicyclic) bond motifs is 1. The van der Waals surface area contributed by atoms with Crippen LogP contribution in [0.2, 0.25) is 0 Å². The Bertz CT molecular complexity index is 547. The molecule has 0 saturated heterocycles. The van der Waals surface area contributed by atoms with Crippen molar-refractivity contribution < 1.29 is 14.3 Å². The number of hydrogen-bond donors (Lipinski definition) is 0. The van der Waals surface area contributed by atoms with Crippen LogP contribution in [-0.2, 0) is 4.74 Å². The van der Waals surface area contributed by atoms with Gasteiger partial charge in [-0.25, -0.2) is 4.79 Å². The molecular weight excluding hydrogens is 274 g/mol. The lowest BCUT2D eigenvalue weighted by Crippen LogP contribution is -2.05. The van der Waals surface area contributed by atoms with Crippen molar-refractivity contribution in [2.45, 2.75) is 0 Å². The van der Waals surface area contributed by atoms with E-state index >= 15 is 0 Å². The zero-order valence-electron chi connectivity index (χ0n) is 8.86. The summed E-state index contributed by atoms with van der Waals surface area (Å²) in [6.45, 7) is 0. The van der Waals surface area contributed by atoms with Crippen LogP contribution in [0.5, 0.6) is 5.75 Å². The Balaban J connectivity index is 2.71. The lowest BCUT2D eigenvalue weighted by Gasteiger charge is -2.08. The maximum atomic E-state index is 11.5. The first-order chi connectivity index (χ1) is 7.67. The zero-order chi connectivity index (χ0) is 11.7. The van der Waals surface area contributed by atoms with E-state index in [0.717, 1.165) is 9.99 Å². The molecular formula is C11H10BrNO3. The smallest absolute Gasteiger partial charge is 0.341 e. The highest BCUT2D eigenvalue weighted by atomic mass is 79.9. The molecule has 0 aliphatic carbocycles. The highest BCUT2D eigenvalue weighted by molar-refractivity contribution is 9.10. The molecule has 0 aromatic carbocycles. The summed E-state index contributed by atoms with van der Waals surface area (Å²) in [7, 11) is 2.88. The first-order valence-electron chi connectivity index (χ1n) is 4.60. The number of esters is 1. The minimum Gasteiger partial charge on any atom is -0.494 e. The average molecular weight is 284 g/mol. The second kappa shape index (κ2) is 4.17. The molecule has 84 valence electrons. The Morgan fingerprint density at radius 1 is 1.44 bits per heavy atom. The molecule has 2 rings (SSSR count). The Labute approximate surface area is 101 Å². The van der Waals surface area contributed by atoms with E-state index in [1.54, 1.807) is 12.3 Å². The van der Waals surface area contributed by atoms with Crippen molar-refractivity contribution in [2.75, 3.05) is 14.2 Å². The number of carbonyl (C=O) groups is 1. The number of aromatic nitrogens is 1. The normalized spacial score (nSPS) is 10.4. The Hall–Kier alpha value is -1.49. The van der Waals surface area contributed by atoms with Gasteiger partial charge in [0, 0.05) is 16.9 Å². The predicted octanol–water partition coefficient (Wildman–Crippen LogP) is 2.50. The second-order valence-corrected chi connectivity index (χ2v) is 4.12. The molecule has 0 saturated carbocycles. The number of methoxy groups -OCH3 is 2. The molecule has 0 amide bonds. The fourth-order valence-corrected chi connectivity index (χ4v) is 2.04. The van der Waals surface area contributed by atoms with Crippen LogP contribution in [0, 0.1) is 0 Å². The van der Waals surface area contributed by atoms with Crippen LogP contribution in [-0.4, -0.2) is 24.6 Å². The molecule has 0 N–H and O–H groups in total. The van der Waals surface area contributed by atoms with Gasteiger partial charge >= 0.3 is 5.97 Å². The minimum absolute atomic E-state index is 0.406. The van der Waals surface area contributed by atoms with Gasteiger partial charge in [0.25, 0.3) is 0 Å². The van der Waals surface area contributed by atoms with Crippen LogP contribution < -0.4 is 4.74 Å². The molecule has 0 aliphatic heterocycles. The predicted molar refractivity (Wildman–Crippen MR) is 63.0 cm³/mol. The number of rotatable bonds is 2. The van der Waals surface area contributed by atoms with Crippen molar-refractivity contribution in [1.82, 2.24) is 4.40 Å². The zero-order valence-corrected chi connectivity index (χ0v) is 10.4. The third-order valence-corrected chi connectivity index (χ3v) is 2.74. The van der Waals surface area contributed by atoms with E-state index in [1.165, 1.54) is 14.2 Å². The standard InChI is InChI=1S/C11H10BrNO3/c1-15-10-8(11(14)16-2)3-4-13-6-7(12)5-9(10)13/h3-6H,1-2H3. The SMILES string of the molecule is COC(=O)c1ccn2cc(Br)cc2c1OC. The van der Waals surface area contributed by atoms with E-state index in [4.69, 9.17) is 9.47 Å². The van der Waals surface area contributed by atoms with Crippen LogP contribution in [0.4, 0.5) is 0 Å². The molecule has 16 heavy (non-hydrogen) atoms. The highest BCUT2D eigenvalue weighted by Gasteiger charge is 2.16. The third-order valence-electron chi connectivity index (χ3n) is 2.30. The van der Waals surface area contributed by atoms with Gasteiger partial charge in [-0.1, -0.05) is 0 Å². The Kier molecular flexibility index (Phi) is 2.87. The molecule has 2 aromatic heterocycles. The summed E-state index contributed by atoms with van der Waals surface area (Å²) in [5.74, 6) is 0.108. The average Bonchev–Trinajstić information content (AvgIpc) is 2.66. The van der Waals surface area contributed by atoms with Gasteiger partial charge in [-0.2, -0.15) is 0 Å². The highest BCUT2D eigenvalue weighted by Crippen LogP contribution is 2.28. The van der Waals surface area contributed by atoms with Gasteiger partial charge in [0.15, 0.2) is 5.75 Å². The monoisotopic (exact) mass is 283 g/mol. The fourth-order valence-electron chi connectivity index (χ4n) is 1.60. The molecule has 2 heterocycles. The first-order valence-corrected chi connectivity index (χ1v) is 5.39. The molecule has 4 nitrogen and oxygen atoms in total. The van der Waals surface area contributed by atoms with Gasteiger partial charge in [0.1, 0.15) is 5.56 Å². The molecule has 0 atom stereocenters. The molecule has 0 radical (unpaired) electrons. The van der Waals surface area contributed by atoms with Crippen LogP contribution in [0.1, 0.15) is 10.4 Å². The van der Waals surface area contributed by atoms with Gasteiger partial charge in [-0.15, -0.1) is 0 Å². The van der Waals surface area contributed by atoms with Gasteiger partial charge in [-0.05, 0) is 28.1 Å². The van der Waals surface area contributed by atoms with E-state index in [-0.39, 0.29) is 0 Å². The molecule has 0 unspecified atom stereocenters. The van der Waals surface area contributed by atoms with E-state index in [2.05, 4.69) is 15.9 Å². The summed E-state index contributed by atoms with van der Waals surface area (Å²) in [6, 6.07) is 3.55. The quantitative estimate of drug-likeness (QED) is 0.795. The summed E-state index contributed by atoms with van der Waals surface area (Å²) in [4.78, 5) is 11.5. The maximum Gasteiger partial charge on any atom is 0.341 e. The van der Waals surface area contributed by atoms with Crippen LogP contribution >= 0.6 is 15.9 Å². The fraction of sp³-hybridized carbons (Fsp3) is 0.182. The third kappa shape index (κ3) is 1.67. The van der Waals surface area contributed by atoms with E-state index < -0.39 is 5.97 Å². The molecule has 0 aliphatic rings. The van der Waals surface area contributed by atoms with Crippen molar-refractivity contribution >= 4 is 27.4 Å². The number of ether oxygens (including phenoxy) is 2. The van der Waals surface area contributed by atoms with Crippen LogP contribution in [0.25, 0.3) is 5.52 Å². The first kappa shape index (κ1) is 11.0. The molecule has 0 fully saturated rings. The van der Waals surface area contributed by atoms with E-state index in [0.29, 0.717) is 11.3 Å². The Morgan fingerprint density at radius 3 is 2.81 bits per heavy atom. The summed E-state index contributed by atoms with van der Waals surface area (Å²) >= 11 is 3.37. The lowest BCUT2D eigenvalue weighted by molar-refractivity contribution is 0.0597. The number of hydrogen-bond acceptors (Lipinski definition) is 3. The number of halogens is 1. The van der Waals surface area contributed by atoms with Gasteiger partial charge < -0.3 is 13.9 Å². The number of nitrogens with zero attached hydrogens (tertiary/aromatic N) is 1. The second-order valence-electron chi connectivity index (χ2n) is 3.21. The summed E-state index contributed by atoms with van der Waals surface area (Å²) in [5.41, 5.74) is 1.24.